The number of rotatable bonds is 7. The van der Waals surface area contributed by atoms with Crippen molar-refractivity contribution >= 4 is 28.1 Å². The maximum Gasteiger partial charge on any atom is 0.261 e. The van der Waals surface area contributed by atoms with Gasteiger partial charge in [-0.25, -0.2) is 0 Å². The SMILES string of the molecule is COc1ccc(OC)c(C2CCCN2C(=O)COc2ccc(Br)cc2C=O)c1. The molecule has 1 unspecified atom stereocenters. The molecule has 2 aromatic carbocycles. The van der Waals surface area contributed by atoms with Crippen molar-refractivity contribution in [2.75, 3.05) is 27.4 Å². The average Bonchev–Trinajstić information content (AvgIpc) is 3.21. The molecule has 0 saturated carbocycles. The molecule has 1 heterocycles. The van der Waals surface area contributed by atoms with Crippen LogP contribution in [0.2, 0.25) is 0 Å². The largest absolute Gasteiger partial charge is 0.497 e. The monoisotopic (exact) mass is 447 g/mol. The molecule has 0 bridgehead atoms. The van der Waals surface area contributed by atoms with Crippen molar-refractivity contribution < 1.29 is 23.8 Å². The molecule has 1 fully saturated rings. The zero-order valence-corrected chi connectivity index (χ0v) is 17.4. The van der Waals surface area contributed by atoms with Gasteiger partial charge in [-0.05, 0) is 49.2 Å². The van der Waals surface area contributed by atoms with E-state index >= 15 is 0 Å². The lowest BCUT2D eigenvalue weighted by Gasteiger charge is -2.26. The molecule has 0 N–H and O–H groups in total. The fourth-order valence-corrected chi connectivity index (χ4v) is 3.83. The van der Waals surface area contributed by atoms with Crippen LogP contribution in [-0.2, 0) is 4.79 Å². The molecule has 2 aromatic rings. The van der Waals surface area contributed by atoms with Crippen LogP contribution in [0.1, 0.15) is 34.8 Å². The first-order valence-electron chi connectivity index (χ1n) is 8.96. The summed E-state index contributed by atoms with van der Waals surface area (Å²) in [6.45, 7) is 0.513. The molecule has 1 saturated heterocycles. The fraction of sp³-hybridized carbons (Fsp3) is 0.333. The Morgan fingerprint density at radius 3 is 2.68 bits per heavy atom. The number of likely N-dealkylation sites (tertiary alicyclic amines) is 1. The number of carbonyl (C=O) groups excluding carboxylic acids is 2. The highest BCUT2D eigenvalue weighted by Gasteiger charge is 2.32. The number of halogens is 1. The Hall–Kier alpha value is -2.54. The molecule has 7 heteroatoms. The first-order valence-corrected chi connectivity index (χ1v) is 9.75. The quantitative estimate of drug-likeness (QED) is 0.599. The van der Waals surface area contributed by atoms with Gasteiger partial charge in [-0.2, -0.15) is 0 Å². The Morgan fingerprint density at radius 2 is 1.96 bits per heavy atom. The molecule has 1 aliphatic heterocycles. The Bertz CT molecular complexity index is 870. The van der Waals surface area contributed by atoms with E-state index in [9.17, 15) is 9.59 Å². The van der Waals surface area contributed by atoms with Gasteiger partial charge in [-0.15, -0.1) is 0 Å². The van der Waals surface area contributed by atoms with E-state index in [2.05, 4.69) is 15.9 Å². The van der Waals surface area contributed by atoms with Gasteiger partial charge in [-0.3, -0.25) is 9.59 Å². The summed E-state index contributed by atoms with van der Waals surface area (Å²) in [7, 11) is 3.23. The number of methoxy groups -OCH3 is 2. The van der Waals surface area contributed by atoms with Crippen molar-refractivity contribution in [3.8, 4) is 17.2 Å². The summed E-state index contributed by atoms with van der Waals surface area (Å²) in [5, 5.41) is 0. The van der Waals surface area contributed by atoms with Gasteiger partial charge in [0.15, 0.2) is 12.9 Å². The van der Waals surface area contributed by atoms with Crippen LogP contribution < -0.4 is 14.2 Å². The molecule has 3 rings (SSSR count). The van der Waals surface area contributed by atoms with E-state index in [1.54, 1.807) is 37.3 Å². The summed E-state index contributed by atoms with van der Waals surface area (Å²) >= 11 is 3.32. The number of benzene rings is 2. The number of aldehydes is 1. The molecule has 1 aliphatic rings. The predicted molar refractivity (Wildman–Crippen MR) is 108 cm³/mol. The predicted octanol–water partition coefficient (Wildman–Crippen LogP) is 4.02. The molecule has 0 radical (unpaired) electrons. The maximum atomic E-state index is 12.9. The van der Waals surface area contributed by atoms with Crippen LogP contribution in [-0.4, -0.2) is 44.5 Å². The molecule has 0 spiro atoms. The fourth-order valence-electron chi connectivity index (χ4n) is 3.45. The molecular formula is C21H22BrNO5. The van der Waals surface area contributed by atoms with Crippen LogP contribution >= 0.6 is 15.9 Å². The van der Waals surface area contributed by atoms with E-state index < -0.39 is 0 Å². The van der Waals surface area contributed by atoms with Crippen LogP contribution in [0.4, 0.5) is 0 Å². The number of nitrogens with zero attached hydrogens (tertiary/aromatic N) is 1. The first kappa shape index (κ1) is 20.2. The highest BCUT2D eigenvalue weighted by Crippen LogP contribution is 2.39. The third-order valence-corrected chi connectivity index (χ3v) is 5.31. The van der Waals surface area contributed by atoms with E-state index in [1.165, 1.54) is 0 Å². The minimum atomic E-state index is -0.134. The lowest BCUT2D eigenvalue weighted by molar-refractivity contribution is -0.134. The topological polar surface area (TPSA) is 65.1 Å². The number of amides is 1. The van der Waals surface area contributed by atoms with Gasteiger partial charge in [0.25, 0.3) is 5.91 Å². The highest BCUT2D eigenvalue weighted by atomic mass is 79.9. The lowest BCUT2D eigenvalue weighted by atomic mass is 10.0. The van der Waals surface area contributed by atoms with Crippen molar-refractivity contribution in [3.63, 3.8) is 0 Å². The van der Waals surface area contributed by atoms with Gasteiger partial charge in [0.2, 0.25) is 0 Å². The van der Waals surface area contributed by atoms with Crippen LogP contribution in [0.5, 0.6) is 17.2 Å². The van der Waals surface area contributed by atoms with Gasteiger partial charge in [0.05, 0.1) is 25.8 Å². The van der Waals surface area contributed by atoms with Gasteiger partial charge in [-0.1, -0.05) is 15.9 Å². The number of ether oxygens (including phenoxy) is 3. The van der Waals surface area contributed by atoms with E-state index in [0.29, 0.717) is 24.1 Å². The van der Waals surface area contributed by atoms with Crippen molar-refractivity contribution in [3.05, 3.63) is 52.0 Å². The zero-order chi connectivity index (χ0) is 20.1. The minimum Gasteiger partial charge on any atom is -0.497 e. The van der Waals surface area contributed by atoms with Crippen LogP contribution in [0.15, 0.2) is 40.9 Å². The Labute approximate surface area is 172 Å². The summed E-state index contributed by atoms with van der Waals surface area (Å²) in [4.78, 5) is 25.9. The summed E-state index contributed by atoms with van der Waals surface area (Å²) in [6.07, 6.45) is 2.45. The number of hydrogen-bond donors (Lipinski definition) is 0. The van der Waals surface area contributed by atoms with E-state index in [0.717, 1.165) is 34.4 Å². The molecule has 0 aromatic heterocycles. The summed E-state index contributed by atoms with van der Waals surface area (Å²) in [6, 6.07) is 10.6. The van der Waals surface area contributed by atoms with Gasteiger partial charge in [0.1, 0.15) is 17.2 Å². The summed E-state index contributed by atoms with van der Waals surface area (Å²) < 4.78 is 17.2. The van der Waals surface area contributed by atoms with Crippen molar-refractivity contribution in [2.24, 2.45) is 0 Å². The van der Waals surface area contributed by atoms with Crippen molar-refractivity contribution in [1.29, 1.82) is 0 Å². The summed E-state index contributed by atoms with van der Waals surface area (Å²) in [5.74, 6) is 1.70. The molecule has 1 amide bonds. The van der Waals surface area contributed by atoms with Gasteiger partial charge in [0, 0.05) is 16.6 Å². The number of carbonyl (C=O) groups is 2. The average molecular weight is 448 g/mol. The third kappa shape index (κ3) is 4.30. The van der Waals surface area contributed by atoms with Crippen LogP contribution in [0.25, 0.3) is 0 Å². The maximum absolute atomic E-state index is 12.9. The second-order valence-corrected chi connectivity index (χ2v) is 7.36. The highest BCUT2D eigenvalue weighted by molar-refractivity contribution is 9.10. The Balaban J connectivity index is 1.76. The molecular weight excluding hydrogens is 426 g/mol. The Kier molecular flexibility index (Phi) is 6.57. The smallest absolute Gasteiger partial charge is 0.261 e. The standard InChI is InChI=1S/C21H22BrNO5/c1-26-16-6-8-20(27-2)17(11-16)18-4-3-9-23(18)21(25)13-28-19-7-5-15(22)10-14(19)12-24/h5-8,10-12,18H,3-4,9,13H2,1-2H3. The van der Waals surface area contributed by atoms with E-state index in [4.69, 9.17) is 14.2 Å². The molecule has 6 nitrogen and oxygen atoms in total. The van der Waals surface area contributed by atoms with Crippen LogP contribution in [0, 0.1) is 0 Å². The number of hydrogen-bond acceptors (Lipinski definition) is 5. The molecule has 148 valence electrons. The van der Waals surface area contributed by atoms with Crippen LogP contribution in [0.3, 0.4) is 0 Å². The third-order valence-electron chi connectivity index (χ3n) is 4.82. The van der Waals surface area contributed by atoms with E-state index in [1.807, 2.05) is 18.2 Å². The van der Waals surface area contributed by atoms with E-state index in [-0.39, 0.29) is 18.6 Å². The Morgan fingerprint density at radius 1 is 1.18 bits per heavy atom. The summed E-state index contributed by atoms with van der Waals surface area (Å²) in [5.41, 5.74) is 1.32. The van der Waals surface area contributed by atoms with Crippen molar-refractivity contribution in [2.45, 2.75) is 18.9 Å². The van der Waals surface area contributed by atoms with Crippen molar-refractivity contribution in [1.82, 2.24) is 4.90 Å². The first-order chi connectivity index (χ1) is 13.6. The lowest BCUT2D eigenvalue weighted by Crippen LogP contribution is -2.34. The minimum absolute atomic E-state index is 0.100. The molecule has 1 atom stereocenters. The zero-order valence-electron chi connectivity index (χ0n) is 15.8. The van der Waals surface area contributed by atoms with Gasteiger partial charge < -0.3 is 19.1 Å². The second-order valence-electron chi connectivity index (χ2n) is 6.44. The van der Waals surface area contributed by atoms with Gasteiger partial charge >= 0.3 is 0 Å². The normalized spacial score (nSPS) is 16.0. The molecule has 0 aliphatic carbocycles. The second kappa shape index (κ2) is 9.10. The molecule has 28 heavy (non-hydrogen) atoms.